The minimum absolute atomic E-state index is 0.205. The van der Waals surface area contributed by atoms with E-state index in [1.165, 1.54) is 6.39 Å². The van der Waals surface area contributed by atoms with E-state index >= 15 is 0 Å². The van der Waals surface area contributed by atoms with Gasteiger partial charge in [-0.3, -0.25) is 0 Å². The molecule has 2 aromatic carbocycles. The molecule has 4 heteroatoms. The lowest BCUT2D eigenvalue weighted by Gasteiger charge is -2.06. The largest absolute Gasteiger partial charge is 0.508 e. The number of aromatic nitrogens is 1. The van der Waals surface area contributed by atoms with E-state index in [0.717, 1.165) is 11.1 Å². The molecular weight excluding hydrogens is 250 g/mol. The smallest absolute Gasteiger partial charge is 0.181 e. The molecule has 3 aromatic rings. The van der Waals surface area contributed by atoms with Crippen LogP contribution in [-0.4, -0.2) is 10.1 Å². The second-order valence-electron chi connectivity index (χ2n) is 4.07. The van der Waals surface area contributed by atoms with Gasteiger partial charge in [0.15, 0.2) is 12.0 Å². The molecule has 3 rings (SSSR count). The van der Waals surface area contributed by atoms with E-state index in [9.17, 15) is 5.11 Å². The Morgan fingerprint density at radius 1 is 1.17 bits per heavy atom. The number of phenolic OH excluding ortho intramolecular Hbond substituents is 1. The number of fused-ring (bicyclic) bond motifs is 1. The predicted molar refractivity (Wildman–Crippen MR) is 69.9 cm³/mol. The van der Waals surface area contributed by atoms with Crippen molar-refractivity contribution in [2.24, 2.45) is 0 Å². The number of nitrogens with zero attached hydrogens (tertiary/aromatic N) is 1. The molecule has 0 spiro atoms. The summed E-state index contributed by atoms with van der Waals surface area (Å²) in [6.45, 7) is 0. The lowest BCUT2D eigenvalue weighted by molar-refractivity contribution is 0.470. The summed E-state index contributed by atoms with van der Waals surface area (Å²) >= 11 is 6.11. The van der Waals surface area contributed by atoms with Crippen LogP contribution in [0.5, 0.6) is 5.75 Å². The first-order chi connectivity index (χ1) is 8.74. The van der Waals surface area contributed by atoms with Crippen molar-refractivity contribution in [3.05, 3.63) is 58.9 Å². The molecule has 0 fully saturated rings. The van der Waals surface area contributed by atoms with Crippen molar-refractivity contribution in [1.29, 1.82) is 0 Å². The van der Waals surface area contributed by atoms with Gasteiger partial charge in [0.05, 0.1) is 0 Å². The molecule has 0 saturated carbocycles. The van der Waals surface area contributed by atoms with Crippen molar-refractivity contribution in [2.75, 3.05) is 0 Å². The molecule has 0 atom stereocenters. The van der Waals surface area contributed by atoms with E-state index in [1.807, 2.05) is 24.3 Å². The van der Waals surface area contributed by atoms with Gasteiger partial charge in [-0.25, -0.2) is 4.98 Å². The fourth-order valence-corrected chi connectivity index (χ4v) is 2.13. The number of hydrogen-bond donors (Lipinski definition) is 1. The standard InChI is InChI=1S/C14H10ClNO2/c15-11-4-2-1-3-9(11)5-10-6-14-12(7-13(10)17)16-8-18-14/h1-4,6-8,17H,5H2. The average molecular weight is 260 g/mol. The molecule has 0 amide bonds. The van der Waals surface area contributed by atoms with Crippen LogP contribution in [0.25, 0.3) is 11.1 Å². The lowest BCUT2D eigenvalue weighted by atomic mass is 10.0. The van der Waals surface area contributed by atoms with Crippen molar-refractivity contribution in [3.8, 4) is 5.75 Å². The summed E-state index contributed by atoms with van der Waals surface area (Å²) in [4.78, 5) is 3.99. The van der Waals surface area contributed by atoms with Crippen molar-refractivity contribution < 1.29 is 9.52 Å². The van der Waals surface area contributed by atoms with E-state index < -0.39 is 0 Å². The van der Waals surface area contributed by atoms with Crippen LogP contribution < -0.4 is 0 Å². The monoisotopic (exact) mass is 259 g/mol. The van der Waals surface area contributed by atoms with Crippen LogP contribution in [0, 0.1) is 0 Å². The molecule has 0 aliphatic heterocycles. The molecule has 0 radical (unpaired) electrons. The average Bonchev–Trinajstić information content (AvgIpc) is 2.79. The SMILES string of the molecule is Oc1cc2ncoc2cc1Cc1ccccc1Cl. The maximum Gasteiger partial charge on any atom is 0.181 e. The fourth-order valence-electron chi connectivity index (χ4n) is 1.92. The van der Waals surface area contributed by atoms with Crippen LogP contribution in [-0.2, 0) is 6.42 Å². The molecule has 0 saturated heterocycles. The predicted octanol–water partition coefficient (Wildman–Crippen LogP) is 3.78. The van der Waals surface area contributed by atoms with Gasteiger partial charge in [-0.1, -0.05) is 29.8 Å². The summed E-state index contributed by atoms with van der Waals surface area (Å²) < 4.78 is 5.23. The first-order valence-electron chi connectivity index (χ1n) is 5.52. The summed E-state index contributed by atoms with van der Waals surface area (Å²) in [5.41, 5.74) is 3.05. The van der Waals surface area contributed by atoms with Gasteiger partial charge in [-0.15, -0.1) is 0 Å². The zero-order chi connectivity index (χ0) is 12.5. The molecule has 0 unspecified atom stereocenters. The quantitative estimate of drug-likeness (QED) is 0.762. The highest BCUT2D eigenvalue weighted by molar-refractivity contribution is 6.31. The third-order valence-corrected chi connectivity index (χ3v) is 3.24. The Morgan fingerprint density at radius 3 is 2.83 bits per heavy atom. The first-order valence-corrected chi connectivity index (χ1v) is 5.90. The third-order valence-electron chi connectivity index (χ3n) is 2.87. The third kappa shape index (κ3) is 1.93. The summed E-state index contributed by atoms with van der Waals surface area (Å²) in [6, 6.07) is 11.0. The maximum atomic E-state index is 9.95. The molecule has 3 nitrogen and oxygen atoms in total. The zero-order valence-corrected chi connectivity index (χ0v) is 10.2. The number of hydrogen-bond acceptors (Lipinski definition) is 3. The van der Waals surface area contributed by atoms with Crippen LogP contribution in [0.3, 0.4) is 0 Å². The van der Waals surface area contributed by atoms with Crippen molar-refractivity contribution >= 4 is 22.7 Å². The van der Waals surface area contributed by atoms with Gasteiger partial charge in [0.2, 0.25) is 0 Å². The molecule has 18 heavy (non-hydrogen) atoms. The fraction of sp³-hybridized carbons (Fsp3) is 0.0714. The summed E-state index contributed by atoms with van der Waals surface area (Å²) in [5, 5.41) is 10.6. The highest BCUT2D eigenvalue weighted by atomic mass is 35.5. The summed E-state index contributed by atoms with van der Waals surface area (Å²) in [5.74, 6) is 0.205. The molecule has 0 bridgehead atoms. The van der Waals surface area contributed by atoms with E-state index in [-0.39, 0.29) is 5.75 Å². The maximum absolute atomic E-state index is 9.95. The topological polar surface area (TPSA) is 46.3 Å². The Hall–Kier alpha value is -2.00. The molecule has 1 N–H and O–H groups in total. The Morgan fingerprint density at radius 2 is 2.00 bits per heavy atom. The van der Waals surface area contributed by atoms with Crippen LogP contribution in [0.1, 0.15) is 11.1 Å². The van der Waals surface area contributed by atoms with E-state index in [1.54, 1.807) is 12.1 Å². The van der Waals surface area contributed by atoms with Gasteiger partial charge in [0, 0.05) is 23.1 Å². The molecule has 0 aliphatic rings. The highest BCUT2D eigenvalue weighted by Crippen LogP contribution is 2.28. The number of phenols is 1. The second-order valence-corrected chi connectivity index (χ2v) is 4.48. The van der Waals surface area contributed by atoms with Crippen LogP contribution in [0.2, 0.25) is 5.02 Å². The zero-order valence-electron chi connectivity index (χ0n) is 9.43. The van der Waals surface area contributed by atoms with Gasteiger partial charge in [0.1, 0.15) is 11.3 Å². The minimum Gasteiger partial charge on any atom is -0.508 e. The van der Waals surface area contributed by atoms with E-state index in [2.05, 4.69) is 4.98 Å². The van der Waals surface area contributed by atoms with Crippen molar-refractivity contribution in [1.82, 2.24) is 4.98 Å². The Kier molecular flexibility index (Phi) is 2.68. The Bertz CT molecular complexity index is 706. The Labute approximate surface area is 109 Å². The number of benzene rings is 2. The normalized spacial score (nSPS) is 10.9. The van der Waals surface area contributed by atoms with Crippen molar-refractivity contribution in [2.45, 2.75) is 6.42 Å². The minimum atomic E-state index is 0.205. The molecule has 1 aromatic heterocycles. The van der Waals surface area contributed by atoms with Gasteiger partial charge >= 0.3 is 0 Å². The van der Waals surface area contributed by atoms with Crippen molar-refractivity contribution in [3.63, 3.8) is 0 Å². The van der Waals surface area contributed by atoms with Gasteiger partial charge < -0.3 is 9.52 Å². The molecule has 0 aliphatic carbocycles. The number of halogens is 1. The second kappa shape index (κ2) is 4.35. The first kappa shape index (κ1) is 11.1. The van der Waals surface area contributed by atoms with E-state index in [0.29, 0.717) is 22.5 Å². The van der Waals surface area contributed by atoms with Crippen LogP contribution in [0.15, 0.2) is 47.2 Å². The number of aromatic hydroxyl groups is 1. The number of rotatable bonds is 2. The lowest BCUT2D eigenvalue weighted by Crippen LogP contribution is -1.90. The van der Waals surface area contributed by atoms with E-state index in [4.69, 9.17) is 16.0 Å². The Balaban J connectivity index is 2.04. The van der Waals surface area contributed by atoms with Gasteiger partial charge in [-0.05, 0) is 17.7 Å². The molecule has 90 valence electrons. The summed E-state index contributed by atoms with van der Waals surface area (Å²) in [6.07, 6.45) is 1.92. The highest BCUT2D eigenvalue weighted by Gasteiger charge is 2.09. The van der Waals surface area contributed by atoms with Crippen LogP contribution >= 0.6 is 11.6 Å². The molecule has 1 heterocycles. The van der Waals surface area contributed by atoms with Crippen LogP contribution in [0.4, 0.5) is 0 Å². The summed E-state index contributed by atoms with van der Waals surface area (Å²) in [7, 11) is 0. The molecular formula is C14H10ClNO2. The van der Waals surface area contributed by atoms with Gasteiger partial charge in [0.25, 0.3) is 0 Å². The van der Waals surface area contributed by atoms with Gasteiger partial charge in [-0.2, -0.15) is 0 Å². The number of oxazole rings is 1.